The second-order valence-corrected chi connectivity index (χ2v) is 6.03. The van der Waals surface area contributed by atoms with Crippen LogP contribution in [0.2, 0.25) is 5.02 Å². The van der Waals surface area contributed by atoms with Crippen LogP contribution in [0.4, 0.5) is 17.3 Å². The van der Waals surface area contributed by atoms with Crippen molar-refractivity contribution in [2.45, 2.75) is 0 Å². The van der Waals surface area contributed by atoms with E-state index in [2.05, 4.69) is 15.4 Å². The number of hydrogen-bond donors (Lipinski definition) is 3. The molecule has 4 N–H and O–H groups in total. The van der Waals surface area contributed by atoms with E-state index in [1.807, 2.05) is 6.07 Å². The quantitative estimate of drug-likeness (QED) is 0.441. The van der Waals surface area contributed by atoms with Gasteiger partial charge in [0.05, 0.1) is 24.9 Å². The van der Waals surface area contributed by atoms with Crippen LogP contribution in [0, 0.1) is 5.41 Å². The largest absolute Gasteiger partial charge is 0.493 e. The average Bonchev–Trinajstić information content (AvgIpc) is 3.04. The van der Waals surface area contributed by atoms with E-state index in [1.165, 1.54) is 0 Å². The molecule has 0 aliphatic heterocycles. The minimum absolute atomic E-state index is 0.348. The number of aromatic nitrogens is 3. The maximum atomic E-state index is 7.46. The Balaban J connectivity index is 1.95. The summed E-state index contributed by atoms with van der Waals surface area (Å²) in [6.07, 6.45) is 1.12. The predicted octanol–water partition coefficient (Wildman–Crippen LogP) is 3.48. The van der Waals surface area contributed by atoms with Crippen LogP contribution in [0.25, 0.3) is 11.4 Å². The van der Waals surface area contributed by atoms with Gasteiger partial charge < -0.3 is 25.9 Å². The molecule has 0 spiro atoms. The van der Waals surface area contributed by atoms with Crippen molar-refractivity contribution in [1.29, 1.82) is 5.41 Å². The first-order chi connectivity index (χ1) is 13.0. The van der Waals surface area contributed by atoms with E-state index >= 15 is 0 Å². The predicted molar refractivity (Wildman–Crippen MR) is 107 cm³/mol. The number of aryl methyl sites for hydroxylation is 1. The summed E-state index contributed by atoms with van der Waals surface area (Å²) in [7, 11) is 4.92. The van der Waals surface area contributed by atoms with E-state index in [4.69, 9.17) is 32.2 Å². The van der Waals surface area contributed by atoms with Crippen LogP contribution < -0.4 is 20.5 Å². The fraction of sp³-hybridized carbons (Fsp3) is 0.167. The zero-order valence-electron chi connectivity index (χ0n) is 15.1. The summed E-state index contributed by atoms with van der Waals surface area (Å²) in [5, 5.41) is 15.4. The van der Waals surface area contributed by atoms with Gasteiger partial charge in [0.15, 0.2) is 17.3 Å². The molecule has 3 aromatic rings. The molecule has 2 aromatic carbocycles. The second-order valence-electron chi connectivity index (χ2n) is 5.65. The summed E-state index contributed by atoms with van der Waals surface area (Å²) in [4.78, 5) is 4.52. The van der Waals surface area contributed by atoms with Crippen molar-refractivity contribution in [3.63, 3.8) is 0 Å². The first kappa shape index (κ1) is 18.5. The van der Waals surface area contributed by atoms with Crippen LogP contribution in [0.15, 0.2) is 30.3 Å². The van der Waals surface area contributed by atoms with Crippen molar-refractivity contribution >= 4 is 35.1 Å². The smallest absolute Gasteiger partial charge is 0.225 e. The summed E-state index contributed by atoms with van der Waals surface area (Å²) >= 11 is 6.33. The molecule has 1 aromatic heterocycles. The van der Waals surface area contributed by atoms with Crippen LogP contribution in [0.5, 0.6) is 11.5 Å². The van der Waals surface area contributed by atoms with E-state index in [9.17, 15) is 0 Å². The number of halogens is 1. The van der Waals surface area contributed by atoms with Crippen LogP contribution in [-0.4, -0.2) is 35.2 Å². The van der Waals surface area contributed by atoms with E-state index in [-0.39, 0.29) is 0 Å². The molecule has 3 rings (SSSR count). The molecule has 1 heterocycles. The van der Waals surface area contributed by atoms with Crippen molar-refractivity contribution in [2.75, 3.05) is 25.3 Å². The SMILES string of the molecule is COc1ccc(-c2nc(Nc3ccc(N)c(C=N)c3Cl)n(C)n2)cc1OC. The Labute approximate surface area is 161 Å². The topological polar surface area (TPSA) is 111 Å². The molecule has 0 bridgehead atoms. The van der Waals surface area contributed by atoms with Gasteiger partial charge in [-0.05, 0) is 30.3 Å². The summed E-state index contributed by atoms with van der Waals surface area (Å²) in [5.41, 5.74) is 8.08. The third-order valence-corrected chi connectivity index (χ3v) is 4.42. The van der Waals surface area contributed by atoms with Gasteiger partial charge in [-0.2, -0.15) is 4.98 Å². The molecular formula is C18H19ClN6O2. The van der Waals surface area contributed by atoms with Gasteiger partial charge >= 0.3 is 0 Å². The number of nitrogens with two attached hydrogens (primary N) is 1. The van der Waals surface area contributed by atoms with E-state index in [0.717, 1.165) is 11.8 Å². The van der Waals surface area contributed by atoms with Gasteiger partial charge in [-0.15, -0.1) is 5.10 Å². The third kappa shape index (κ3) is 3.52. The number of methoxy groups -OCH3 is 2. The molecule has 0 saturated carbocycles. The fourth-order valence-electron chi connectivity index (χ4n) is 2.56. The van der Waals surface area contributed by atoms with Crippen molar-refractivity contribution in [2.24, 2.45) is 7.05 Å². The minimum Gasteiger partial charge on any atom is -0.493 e. The Bertz CT molecular complexity index is 1000. The van der Waals surface area contributed by atoms with Gasteiger partial charge in [0.1, 0.15) is 0 Å². The lowest BCUT2D eigenvalue weighted by molar-refractivity contribution is 0.355. The molecule has 0 fully saturated rings. The highest BCUT2D eigenvalue weighted by atomic mass is 35.5. The van der Waals surface area contributed by atoms with Gasteiger partial charge in [0.2, 0.25) is 5.95 Å². The second kappa shape index (κ2) is 7.55. The normalized spacial score (nSPS) is 10.5. The first-order valence-corrected chi connectivity index (χ1v) is 8.35. The molecule has 0 aliphatic rings. The fourth-order valence-corrected chi connectivity index (χ4v) is 2.84. The van der Waals surface area contributed by atoms with Gasteiger partial charge in [-0.25, -0.2) is 4.68 Å². The van der Waals surface area contributed by atoms with E-state index in [0.29, 0.717) is 45.2 Å². The number of nitrogen functional groups attached to an aromatic ring is 1. The first-order valence-electron chi connectivity index (χ1n) is 7.97. The van der Waals surface area contributed by atoms with Crippen molar-refractivity contribution in [3.05, 3.63) is 40.9 Å². The van der Waals surface area contributed by atoms with Crippen LogP contribution in [0.1, 0.15) is 5.56 Å². The lowest BCUT2D eigenvalue weighted by atomic mass is 10.1. The number of nitrogens with zero attached hydrogens (tertiary/aromatic N) is 3. The summed E-state index contributed by atoms with van der Waals surface area (Å²) < 4.78 is 12.2. The van der Waals surface area contributed by atoms with Crippen molar-refractivity contribution in [1.82, 2.24) is 14.8 Å². The zero-order valence-corrected chi connectivity index (χ0v) is 15.8. The maximum Gasteiger partial charge on any atom is 0.225 e. The molecule has 8 nitrogen and oxygen atoms in total. The average molecular weight is 387 g/mol. The van der Waals surface area contributed by atoms with E-state index < -0.39 is 0 Å². The lowest BCUT2D eigenvalue weighted by Gasteiger charge is -2.10. The van der Waals surface area contributed by atoms with Crippen LogP contribution in [0.3, 0.4) is 0 Å². The molecule has 0 saturated heterocycles. The molecule has 27 heavy (non-hydrogen) atoms. The summed E-state index contributed by atoms with van der Waals surface area (Å²) in [5.74, 6) is 2.22. The Morgan fingerprint density at radius 3 is 2.59 bits per heavy atom. The highest BCUT2D eigenvalue weighted by Crippen LogP contribution is 2.33. The molecule has 0 atom stereocenters. The molecule has 0 aliphatic carbocycles. The highest BCUT2D eigenvalue weighted by molar-refractivity contribution is 6.36. The Kier molecular flexibility index (Phi) is 5.18. The standard InChI is InChI=1S/C18H19ClN6O2/c1-25-18(22-13-6-5-12(21)11(9-20)16(13)19)23-17(24-25)10-4-7-14(26-2)15(8-10)27-3/h4-9,20H,21H2,1-3H3,(H,22,23,24). The van der Waals surface area contributed by atoms with E-state index in [1.54, 1.807) is 50.2 Å². The molecular weight excluding hydrogens is 368 g/mol. The summed E-state index contributed by atoms with van der Waals surface area (Å²) in [6.45, 7) is 0. The molecule has 0 amide bonds. The Hall–Kier alpha value is -3.26. The minimum atomic E-state index is 0.348. The number of ether oxygens (including phenoxy) is 2. The van der Waals surface area contributed by atoms with Gasteiger partial charge in [-0.3, -0.25) is 0 Å². The molecule has 0 unspecified atom stereocenters. The maximum absolute atomic E-state index is 7.46. The number of hydrogen-bond acceptors (Lipinski definition) is 7. The third-order valence-electron chi connectivity index (χ3n) is 4.01. The van der Waals surface area contributed by atoms with Gasteiger partial charge in [0.25, 0.3) is 0 Å². The number of anilines is 3. The monoisotopic (exact) mass is 386 g/mol. The van der Waals surface area contributed by atoms with Gasteiger partial charge in [-0.1, -0.05) is 11.6 Å². The number of nitrogens with one attached hydrogen (secondary N) is 2. The highest BCUT2D eigenvalue weighted by Gasteiger charge is 2.15. The number of rotatable bonds is 6. The molecule has 140 valence electrons. The van der Waals surface area contributed by atoms with Gasteiger partial charge in [0, 0.05) is 30.1 Å². The Morgan fingerprint density at radius 1 is 1.19 bits per heavy atom. The van der Waals surface area contributed by atoms with Crippen LogP contribution in [-0.2, 0) is 7.05 Å². The molecule has 9 heteroatoms. The van der Waals surface area contributed by atoms with Crippen molar-refractivity contribution in [3.8, 4) is 22.9 Å². The number of benzene rings is 2. The summed E-state index contributed by atoms with van der Waals surface area (Å²) in [6, 6.07) is 8.87. The molecule has 0 radical (unpaired) electrons. The van der Waals surface area contributed by atoms with Crippen LogP contribution >= 0.6 is 11.6 Å². The Morgan fingerprint density at radius 2 is 1.93 bits per heavy atom. The zero-order chi connectivity index (χ0) is 19.6. The van der Waals surface area contributed by atoms with Crippen molar-refractivity contribution < 1.29 is 9.47 Å². The lowest BCUT2D eigenvalue weighted by Crippen LogP contribution is -2.03.